The highest BCUT2D eigenvalue weighted by Crippen LogP contribution is 2.43. The predicted molar refractivity (Wildman–Crippen MR) is 124 cm³/mol. The zero-order valence-corrected chi connectivity index (χ0v) is 19.3. The average Bonchev–Trinajstić information content (AvgIpc) is 2.85. The van der Waals surface area contributed by atoms with E-state index in [1.165, 1.54) is 21.3 Å². The Bertz CT molecular complexity index is 1330. The van der Waals surface area contributed by atoms with Gasteiger partial charge >= 0.3 is 5.97 Å². The van der Waals surface area contributed by atoms with Crippen molar-refractivity contribution in [1.29, 1.82) is 0 Å². The molecule has 9 heteroatoms. The molecule has 0 saturated heterocycles. The molecule has 0 spiro atoms. The van der Waals surface area contributed by atoms with Gasteiger partial charge in [0, 0.05) is 24.2 Å². The molecule has 0 aliphatic carbocycles. The Morgan fingerprint density at radius 1 is 1.15 bits per heavy atom. The molecule has 0 saturated carbocycles. The van der Waals surface area contributed by atoms with Gasteiger partial charge in [-0.2, -0.15) is 0 Å². The van der Waals surface area contributed by atoms with E-state index in [-0.39, 0.29) is 28.3 Å². The summed E-state index contributed by atoms with van der Waals surface area (Å²) in [7, 11) is 4.29. The van der Waals surface area contributed by atoms with Gasteiger partial charge in [0.15, 0.2) is 11.5 Å². The van der Waals surface area contributed by atoms with Gasteiger partial charge in [-0.25, -0.2) is 4.79 Å². The lowest BCUT2D eigenvalue weighted by atomic mass is 9.83. The van der Waals surface area contributed by atoms with Gasteiger partial charge in [0.1, 0.15) is 11.3 Å². The van der Waals surface area contributed by atoms with Gasteiger partial charge in [-0.1, -0.05) is 12.1 Å². The molecule has 3 aromatic rings. The van der Waals surface area contributed by atoms with Gasteiger partial charge in [0.05, 0.1) is 39.4 Å². The van der Waals surface area contributed by atoms with Crippen molar-refractivity contribution in [2.45, 2.75) is 19.4 Å². The van der Waals surface area contributed by atoms with Crippen LogP contribution in [0.15, 0.2) is 65.0 Å². The molecule has 3 heterocycles. The molecule has 0 amide bonds. The SMILES string of the molecule is COC(=O)C1=C(N)Oc2cc(C)n(Cc3cccnc3)c(=O)c2[C@@H]1c1ccc(OC)c(OC)c1. The fourth-order valence-electron chi connectivity index (χ4n) is 4.13. The summed E-state index contributed by atoms with van der Waals surface area (Å²) in [5, 5.41) is 0. The number of ether oxygens (including phenoxy) is 4. The maximum absolute atomic E-state index is 13.9. The first-order chi connectivity index (χ1) is 16.4. The third-order valence-electron chi connectivity index (χ3n) is 5.78. The summed E-state index contributed by atoms with van der Waals surface area (Å²) in [5.41, 5.74) is 8.30. The van der Waals surface area contributed by atoms with Gasteiger partial charge in [-0.15, -0.1) is 0 Å². The van der Waals surface area contributed by atoms with Crippen molar-refractivity contribution >= 4 is 5.97 Å². The molecule has 0 fully saturated rings. The zero-order chi connectivity index (χ0) is 24.4. The van der Waals surface area contributed by atoms with Crippen LogP contribution in [0, 0.1) is 6.92 Å². The van der Waals surface area contributed by atoms with Crippen LogP contribution in [0.25, 0.3) is 0 Å². The Labute approximate surface area is 196 Å². The minimum atomic E-state index is -0.843. The number of carbonyl (C=O) groups excluding carboxylic acids is 1. The van der Waals surface area contributed by atoms with Crippen LogP contribution in [0.5, 0.6) is 17.2 Å². The fourth-order valence-corrected chi connectivity index (χ4v) is 4.13. The zero-order valence-electron chi connectivity index (χ0n) is 19.3. The highest BCUT2D eigenvalue weighted by atomic mass is 16.5. The summed E-state index contributed by atoms with van der Waals surface area (Å²) in [5.74, 6) is -0.421. The van der Waals surface area contributed by atoms with Crippen LogP contribution in [0.1, 0.15) is 28.3 Å². The van der Waals surface area contributed by atoms with Crippen LogP contribution in [0.2, 0.25) is 0 Å². The van der Waals surface area contributed by atoms with Crippen molar-refractivity contribution in [3.8, 4) is 17.2 Å². The number of hydrogen-bond donors (Lipinski definition) is 1. The number of fused-ring (bicyclic) bond motifs is 1. The summed E-state index contributed by atoms with van der Waals surface area (Å²) in [6.07, 6.45) is 3.37. The van der Waals surface area contributed by atoms with Crippen LogP contribution < -0.4 is 25.5 Å². The smallest absolute Gasteiger partial charge is 0.340 e. The van der Waals surface area contributed by atoms with Crippen LogP contribution in [0.4, 0.5) is 0 Å². The van der Waals surface area contributed by atoms with E-state index in [1.807, 2.05) is 19.1 Å². The number of benzene rings is 1. The van der Waals surface area contributed by atoms with Crippen molar-refractivity contribution in [1.82, 2.24) is 9.55 Å². The van der Waals surface area contributed by atoms with E-state index in [9.17, 15) is 9.59 Å². The first kappa shape index (κ1) is 22.9. The number of nitrogens with zero attached hydrogens (tertiary/aromatic N) is 2. The van der Waals surface area contributed by atoms with Crippen molar-refractivity contribution in [3.63, 3.8) is 0 Å². The number of hydrogen-bond acceptors (Lipinski definition) is 8. The van der Waals surface area contributed by atoms with E-state index in [2.05, 4.69) is 4.98 Å². The van der Waals surface area contributed by atoms with Gasteiger partial charge in [0.2, 0.25) is 5.88 Å². The Kier molecular flexibility index (Phi) is 6.27. The summed E-state index contributed by atoms with van der Waals surface area (Å²) in [6.45, 7) is 2.11. The first-order valence-corrected chi connectivity index (χ1v) is 10.5. The van der Waals surface area contributed by atoms with E-state index in [1.54, 1.807) is 41.2 Å². The molecular formula is C25H25N3O6. The van der Waals surface area contributed by atoms with Crippen molar-refractivity contribution < 1.29 is 23.7 Å². The minimum absolute atomic E-state index is 0.0381. The largest absolute Gasteiger partial charge is 0.493 e. The van der Waals surface area contributed by atoms with Crippen molar-refractivity contribution in [3.05, 3.63) is 93.0 Å². The highest BCUT2D eigenvalue weighted by molar-refractivity contribution is 5.92. The summed E-state index contributed by atoms with van der Waals surface area (Å²) in [4.78, 5) is 30.8. The van der Waals surface area contributed by atoms with Crippen LogP contribution in [-0.4, -0.2) is 36.8 Å². The molecule has 1 aliphatic heterocycles. The fraction of sp³-hybridized carbons (Fsp3) is 0.240. The predicted octanol–water partition coefficient (Wildman–Crippen LogP) is 2.48. The maximum Gasteiger partial charge on any atom is 0.340 e. The van der Waals surface area contributed by atoms with E-state index < -0.39 is 11.9 Å². The maximum atomic E-state index is 13.9. The van der Waals surface area contributed by atoms with E-state index in [0.717, 1.165) is 5.56 Å². The average molecular weight is 463 g/mol. The molecule has 0 bridgehead atoms. The molecule has 1 aliphatic rings. The van der Waals surface area contributed by atoms with Crippen LogP contribution in [0.3, 0.4) is 0 Å². The quantitative estimate of drug-likeness (QED) is 0.555. The van der Waals surface area contributed by atoms with Gasteiger partial charge in [-0.3, -0.25) is 9.78 Å². The number of aromatic nitrogens is 2. The lowest BCUT2D eigenvalue weighted by molar-refractivity contribution is -0.136. The molecular weight excluding hydrogens is 438 g/mol. The topological polar surface area (TPSA) is 115 Å². The Balaban J connectivity index is 1.96. The molecule has 176 valence electrons. The Morgan fingerprint density at radius 3 is 2.56 bits per heavy atom. The number of methoxy groups -OCH3 is 3. The van der Waals surface area contributed by atoms with Crippen LogP contribution >= 0.6 is 0 Å². The normalized spacial score (nSPS) is 14.8. The van der Waals surface area contributed by atoms with Gasteiger partial charge < -0.3 is 29.2 Å². The number of pyridine rings is 2. The first-order valence-electron chi connectivity index (χ1n) is 10.5. The highest BCUT2D eigenvalue weighted by Gasteiger charge is 2.38. The molecule has 4 rings (SSSR count). The third-order valence-corrected chi connectivity index (χ3v) is 5.78. The molecule has 2 aromatic heterocycles. The molecule has 0 unspecified atom stereocenters. The summed E-state index contributed by atoms with van der Waals surface area (Å²) >= 11 is 0. The van der Waals surface area contributed by atoms with E-state index in [4.69, 9.17) is 24.7 Å². The molecule has 1 aromatic carbocycles. The minimum Gasteiger partial charge on any atom is -0.493 e. The summed E-state index contributed by atoms with van der Waals surface area (Å²) in [6, 6.07) is 10.6. The lowest BCUT2D eigenvalue weighted by Gasteiger charge is -2.29. The lowest BCUT2D eigenvalue weighted by Crippen LogP contribution is -2.35. The summed E-state index contributed by atoms with van der Waals surface area (Å²) < 4.78 is 23.2. The van der Waals surface area contributed by atoms with Gasteiger partial charge in [-0.05, 0) is 36.2 Å². The van der Waals surface area contributed by atoms with Crippen LogP contribution in [-0.2, 0) is 16.1 Å². The second-order valence-corrected chi connectivity index (χ2v) is 7.74. The molecule has 9 nitrogen and oxygen atoms in total. The molecule has 34 heavy (non-hydrogen) atoms. The third kappa shape index (κ3) is 3.96. The standard InChI is InChI=1S/C25H25N3O6/c1-14-10-19-21(24(29)28(14)13-15-6-5-9-27-12-15)20(22(23(26)34-19)25(30)33-4)16-7-8-17(31-2)18(11-16)32-3/h5-12,20H,13,26H2,1-4H3/t20-/m0/s1. The molecule has 1 atom stereocenters. The molecule has 0 radical (unpaired) electrons. The van der Waals surface area contributed by atoms with Crippen molar-refractivity contribution in [2.75, 3.05) is 21.3 Å². The number of rotatable bonds is 6. The number of carbonyl (C=O) groups is 1. The number of aryl methyl sites for hydroxylation is 1. The second-order valence-electron chi connectivity index (χ2n) is 7.74. The Hall–Kier alpha value is -4.27. The van der Waals surface area contributed by atoms with E-state index in [0.29, 0.717) is 29.3 Å². The van der Waals surface area contributed by atoms with E-state index >= 15 is 0 Å². The second kappa shape index (κ2) is 9.30. The molecule has 2 N–H and O–H groups in total. The number of esters is 1. The monoisotopic (exact) mass is 463 g/mol. The van der Waals surface area contributed by atoms with Crippen molar-refractivity contribution in [2.24, 2.45) is 5.73 Å². The van der Waals surface area contributed by atoms with Gasteiger partial charge in [0.25, 0.3) is 5.56 Å². The number of nitrogens with two attached hydrogens (primary N) is 1. The Morgan fingerprint density at radius 2 is 1.91 bits per heavy atom.